The summed E-state index contributed by atoms with van der Waals surface area (Å²) in [7, 11) is 2.44. The molecule has 0 aromatic carbocycles. The molecule has 0 amide bonds. The van der Waals surface area contributed by atoms with Crippen LogP contribution in [0.2, 0.25) is 0 Å². The van der Waals surface area contributed by atoms with E-state index >= 15 is 0 Å². The first kappa shape index (κ1) is 28.3. The van der Waals surface area contributed by atoms with Gasteiger partial charge in [-0.25, -0.2) is 26.2 Å². The van der Waals surface area contributed by atoms with Crippen molar-refractivity contribution in [2.75, 3.05) is 27.2 Å². The van der Waals surface area contributed by atoms with Gasteiger partial charge in [-0.1, -0.05) is 6.92 Å². The van der Waals surface area contributed by atoms with Gasteiger partial charge in [-0.05, 0) is 34.1 Å². The Morgan fingerprint density at radius 2 is 2.05 bits per heavy atom. The van der Waals surface area contributed by atoms with Crippen LogP contribution in [0.4, 0.5) is 5.82 Å². The quantitative estimate of drug-likeness (QED) is 0.107. The van der Waals surface area contributed by atoms with Gasteiger partial charge in [0.1, 0.15) is 12.8 Å². The van der Waals surface area contributed by atoms with Crippen molar-refractivity contribution in [1.82, 2.24) is 33.5 Å². The molecule has 1 aliphatic heterocycles. The van der Waals surface area contributed by atoms with E-state index in [2.05, 4.69) is 64.1 Å². The smallest absolute Gasteiger partial charge is 0.259 e. The van der Waals surface area contributed by atoms with E-state index in [4.69, 9.17) is 20.4 Å². The van der Waals surface area contributed by atoms with E-state index in [1.165, 1.54) is 0 Å². The minimum Gasteiger partial charge on any atom is -0.369 e. The molecule has 4 atom stereocenters. The predicted octanol–water partition coefficient (Wildman–Crippen LogP) is 4.66. The monoisotopic (exact) mass is 543 g/mol. The molecule has 3 aromatic rings. The number of fused-ring (bicyclic) bond motifs is 3. The molecule has 38 heavy (non-hydrogen) atoms. The van der Waals surface area contributed by atoms with E-state index in [-0.39, 0.29) is 30.5 Å². The zero-order chi connectivity index (χ0) is 27.4. The number of rotatable bonds is 12. The first-order chi connectivity index (χ1) is 18.2. The Labute approximate surface area is 225 Å². The summed E-state index contributed by atoms with van der Waals surface area (Å²) in [4.78, 5) is 23.5. The Kier molecular flexibility index (Phi) is 9.28. The van der Waals surface area contributed by atoms with Gasteiger partial charge < -0.3 is 23.5 Å². The topological polar surface area (TPSA) is 98.9 Å². The number of hydrogen-bond donors (Lipinski definition) is 0. The van der Waals surface area contributed by atoms with Gasteiger partial charge >= 0.3 is 0 Å². The van der Waals surface area contributed by atoms with Crippen LogP contribution >= 0.6 is 8.53 Å². The van der Waals surface area contributed by atoms with Gasteiger partial charge in [-0.3, -0.25) is 8.97 Å². The van der Waals surface area contributed by atoms with Gasteiger partial charge in [-0.15, -0.1) is 0 Å². The molecule has 0 aliphatic carbocycles. The van der Waals surface area contributed by atoms with Crippen molar-refractivity contribution < 1.29 is 13.8 Å². The van der Waals surface area contributed by atoms with Crippen LogP contribution in [-0.2, 0) is 13.8 Å². The van der Waals surface area contributed by atoms with Gasteiger partial charge in [0.25, 0.3) is 8.53 Å². The number of ether oxygens (including phenoxy) is 1. The molecule has 4 heterocycles. The van der Waals surface area contributed by atoms with Crippen LogP contribution in [0.1, 0.15) is 53.7 Å². The Morgan fingerprint density at radius 3 is 2.71 bits per heavy atom. The van der Waals surface area contributed by atoms with Crippen LogP contribution in [0.3, 0.4) is 0 Å². The third-order valence-electron chi connectivity index (χ3n) is 6.22. The third-order valence-corrected chi connectivity index (χ3v) is 8.37. The first-order valence-electron chi connectivity index (χ1n) is 13.0. The lowest BCUT2D eigenvalue weighted by molar-refractivity contribution is -0.0166. The lowest BCUT2D eigenvalue weighted by Gasteiger charge is -2.37. The highest BCUT2D eigenvalue weighted by Gasteiger charge is 2.41. The average Bonchev–Trinajstić information content (AvgIpc) is 3.59. The molecule has 0 N–H and O–H groups in total. The van der Waals surface area contributed by atoms with Crippen molar-refractivity contribution in [2.24, 2.45) is 4.99 Å². The summed E-state index contributed by atoms with van der Waals surface area (Å²) in [6.45, 7) is 18.4. The molecule has 4 unspecified atom stereocenters. The lowest BCUT2D eigenvalue weighted by atomic mass is 10.1. The molecule has 1 aliphatic rings. The maximum absolute atomic E-state index is 7.14. The number of nitrogens with zero attached hydrogens (tertiary/aromatic N) is 9. The van der Waals surface area contributed by atoms with Gasteiger partial charge in [0, 0.05) is 45.0 Å². The van der Waals surface area contributed by atoms with Crippen molar-refractivity contribution in [2.45, 2.75) is 78.0 Å². The predicted molar refractivity (Wildman–Crippen MR) is 148 cm³/mol. The highest BCUT2D eigenvalue weighted by Crippen LogP contribution is 2.50. The summed E-state index contributed by atoms with van der Waals surface area (Å²) in [5, 5.41) is 0. The molecule has 13 heteroatoms. The second-order valence-electron chi connectivity index (χ2n) is 10.0. The molecule has 4 rings (SSSR count). The fraction of sp³-hybridized carbons (Fsp3) is 0.640. The van der Waals surface area contributed by atoms with Crippen molar-refractivity contribution >= 4 is 37.6 Å². The van der Waals surface area contributed by atoms with Gasteiger partial charge in [0.2, 0.25) is 12.3 Å². The highest BCUT2D eigenvalue weighted by molar-refractivity contribution is 7.44. The molecule has 0 bridgehead atoms. The summed E-state index contributed by atoms with van der Waals surface area (Å²) < 4.78 is 25.6. The Hall–Kier alpha value is -2.68. The highest BCUT2D eigenvalue weighted by atomic mass is 31.2. The Bertz CT molecular complexity index is 1270. The zero-order valence-corrected chi connectivity index (χ0v) is 24.1. The summed E-state index contributed by atoms with van der Waals surface area (Å²) in [5.74, 6) is 1.05. The lowest BCUT2D eigenvalue weighted by Crippen LogP contribution is -2.35. The summed E-state index contributed by atoms with van der Waals surface area (Å²) in [6, 6.07) is 0.459. The van der Waals surface area contributed by atoms with Crippen LogP contribution in [0.25, 0.3) is 21.8 Å². The Morgan fingerprint density at radius 1 is 1.29 bits per heavy atom. The van der Waals surface area contributed by atoms with Gasteiger partial charge in [-0.2, -0.15) is 4.98 Å². The minimum absolute atomic E-state index is 0.112. The molecular weight excluding hydrogens is 505 g/mol. The van der Waals surface area contributed by atoms with Crippen molar-refractivity contribution in [3.8, 4) is 0 Å². The van der Waals surface area contributed by atoms with Gasteiger partial charge in [0.15, 0.2) is 17.0 Å². The SMILES string of the molecule is [C-]#[N+]CCOP(OC1CC(n2cnc3c(N=CN(C)C)nc4nccn4c32)OC1CC)N(C(C)C)C(C)C. The van der Waals surface area contributed by atoms with E-state index in [1.807, 2.05) is 34.2 Å². The van der Waals surface area contributed by atoms with Crippen LogP contribution in [0, 0.1) is 6.57 Å². The molecule has 3 aromatic heterocycles. The number of hydrogen-bond acceptors (Lipinski definition) is 8. The van der Waals surface area contributed by atoms with Crippen LogP contribution in [-0.4, -0.2) is 91.4 Å². The van der Waals surface area contributed by atoms with E-state index in [1.54, 1.807) is 18.9 Å². The van der Waals surface area contributed by atoms with E-state index in [9.17, 15) is 0 Å². The number of aliphatic imine (C=N–C) groups is 1. The Balaban J connectivity index is 1.65. The minimum atomic E-state index is -1.37. The third kappa shape index (κ3) is 5.98. The maximum Gasteiger partial charge on any atom is 0.259 e. The fourth-order valence-electron chi connectivity index (χ4n) is 4.66. The van der Waals surface area contributed by atoms with E-state index in [0.717, 1.165) is 12.1 Å². The van der Waals surface area contributed by atoms with E-state index in [0.29, 0.717) is 36.7 Å². The molecule has 0 saturated carbocycles. The van der Waals surface area contributed by atoms with Crippen molar-refractivity contribution in [3.05, 3.63) is 30.1 Å². The summed E-state index contributed by atoms with van der Waals surface area (Å²) >= 11 is 0. The molecule has 0 spiro atoms. The fourth-order valence-corrected chi connectivity index (χ4v) is 6.41. The summed E-state index contributed by atoms with van der Waals surface area (Å²) in [5.41, 5.74) is 1.49. The molecule has 12 nitrogen and oxygen atoms in total. The second-order valence-corrected chi connectivity index (χ2v) is 11.4. The van der Waals surface area contributed by atoms with Gasteiger partial charge in [0.05, 0.1) is 24.9 Å². The molecule has 1 saturated heterocycles. The first-order valence-corrected chi connectivity index (χ1v) is 14.1. The van der Waals surface area contributed by atoms with Crippen molar-refractivity contribution in [1.29, 1.82) is 0 Å². The number of aromatic nitrogens is 5. The van der Waals surface area contributed by atoms with Crippen LogP contribution in [0.15, 0.2) is 23.7 Å². The van der Waals surface area contributed by atoms with E-state index < -0.39 is 8.53 Å². The molecule has 1 fully saturated rings. The van der Waals surface area contributed by atoms with Crippen LogP contribution < -0.4 is 0 Å². The number of imidazole rings is 2. The van der Waals surface area contributed by atoms with Crippen LogP contribution in [0.5, 0.6) is 0 Å². The maximum atomic E-state index is 7.14. The van der Waals surface area contributed by atoms with Crippen molar-refractivity contribution in [3.63, 3.8) is 0 Å². The second kappa shape index (κ2) is 12.5. The normalized spacial score (nSPS) is 21.0. The summed E-state index contributed by atoms with van der Waals surface area (Å²) in [6.07, 6.45) is 7.92. The standard InChI is InChI=1S/C25H38N9O3P/c1-9-19-20(37-38(35-13-11-26-6)34(17(2)3)18(4)5)14-21(36-19)33-16-28-22-23(29-15-31(7)8)30-25-27-10-12-32(25)24(22)33/h10,12,15-21H,9,11,13-14H2,1-5,7-8H3. The molecule has 0 radical (unpaired) electrons. The molecular formula is C25H38N9O3P. The average molecular weight is 544 g/mol. The largest absolute Gasteiger partial charge is 0.369 e. The zero-order valence-electron chi connectivity index (χ0n) is 23.2. The molecule has 206 valence electrons.